The number of carbonyl (C=O) groups is 2. The zero-order chi connectivity index (χ0) is 19.4. The molecule has 0 bridgehead atoms. The summed E-state index contributed by atoms with van der Waals surface area (Å²) in [5.74, 6) is -0.214. The summed E-state index contributed by atoms with van der Waals surface area (Å²) in [5, 5.41) is 2.85. The lowest BCUT2D eigenvalue weighted by atomic mass is 10.1. The van der Waals surface area contributed by atoms with E-state index in [-0.39, 0.29) is 36.4 Å². The summed E-state index contributed by atoms with van der Waals surface area (Å²) in [7, 11) is 0. The lowest BCUT2D eigenvalue weighted by molar-refractivity contribution is -0.0586. The minimum atomic E-state index is -0.218. The summed E-state index contributed by atoms with van der Waals surface area (Å²) < 4.78 is 5.68. The van der Waals surface area contributed by atoms with Crippen LogP contribution in [0.4, 0.5) is 5.69 Å². The second-order valence-corrected chi connectivity index (χ2v) is 6.93. The van der Waals surface area contributed by atoms with Gasteiger partial charge in [-0.15, -0.1) is 12.4 Å². The molecular weight excluding hydrogens is 378 g/mol. The molecule has 1 aliphatic heterocycles. The third-order valence-electron chi connectivity index (χ3n) is 4.57. The molecule has 28 heavy (non-hydrogen) atoms. The number of ether oxygens (including phenoxy) is 1. The quantitative estimate of drug-likeness (QED) is 0.769. The minimum Gasteiger partial charge on any atom is -0.398 e. The maximum Gasteiger partial charge on any atom is 0.254 e. The SMILES string of the molecule is CC1CN(C(=O)c2ccc(CNC(=O)c3ccccc3N)cc2)CC(C)O1.Cl. The van der Waals surface area contributed by atoms with Gasteiger partial charge in [-0.05, 0) is 43.7 Å². The van der Waals surface area contributed by atoms with Crippen molar-refractivity contribution in [3.8, 4) is 0 Å². The summed E-state index contributed by atoms with van der Waals surface area (Å²) in [6.07, 6.45) is 0.0789. The molecule has 1 heterocycles. The first kappa shape index (κ1) is 21.7. The lowest BCUT2D eigenvalue weighted by Gasteiger charge is -2.35. The Morgan fingerprint density at radius 2 is 1.68 bits per heavy atom. The van der Waals surface area contributed by atoms with Crippen LogP contribution in [0.2, 0.25) is 0 Å². The van der Waals surface area contributed by atoms with Gasteiger partial charge in [0.25, 0.3) is 11.8 Å². The molecular formula is C21H26ClN3O3. The van der Waals surface area contributed by atoms with E-state index in [1.165, 1.54) is 0 Å². The molecule has 2 aromatic carbocycles. The van der Waals surface area contributed by atoms with Crippen LogP contribution in [0.3, 0.4) is 0 Å². The fraction of sp³-hybridized carbons (Fsp3) is 0.333. The van der Waals surface area contributed by atoms with E-state index >= 15 is 0 Å². The second-order valence-electron chi connectivity index (χ2n) is 6.93. The third kappa shape index (κ3) is 5.24. The number of amides is 2. The highest BCUT2D eigenvalue weighted by Gasteiger charge is 2.26. The first-order valence-electron chi connectivity index (χ1n) is 9.10. The molecule has 2 amide bonds. The molecule has 2 aromatic rings. The van der Waals surface area contributed by atoms with E-state index in [1.807, 2.05) is 30.9 Å². The number of morpholine rings is 1. The normalized spacial score (nSPS) is 18.9. The first-order chi connectivity index (χ1) is 12.9. The smallest absolute Gasteiger partial charge is 0.254 e. The average molecular weight is 404 g/mol. The lowest BCUT2D eigenvalue weighted by Crippen LogP contribution is -2.48. The van der Waals surface area contributed by atoms with Crippen molar-refractivity contribution in [2.75, 3.05) is 18.8 Å². The number of nitrogens with two attached hydrogens (primary N) is 1. The van der Waals surface area contributed by atoms with Crippen molar-refractivity contribution in [2.45, 2.75) is 32.6 Å². The number of carbonyl (C=O) groups excluding carboxylic acids is 2. The Bertz CT molecular complexity index is 816. The Morgan fingerprint density at radius 1 is 1.07 bits per heavy atom. The van der Waals surface area contributed by atoms with Crippen LogP contribution in [0.1, 0.15) is 40.1 Å². The predicted molar refractivity (Wildman–Crippen MR) is 112 cm³/mol. The highest BCUT2D eigenvalue weighted by atomic mass is 35.5. The van der Waals surface area contributed by atoms with Gasteiger partial charge in [-0.3, -0.25) is 9.59 Å². The molecule has 0 radical (unpaired) electrons. The van der Waals surface area contributed by atoms with Crippen LogP contribution in [0.25, 0.3) is 0 Å². The molecule has 2 unspecified atom stereocenters. The molecule has 1 aliphatic rings. The van der Waals surface area contributed by atoms with Crippen molar-refractivity contribution in [3.63, 3.8) is 0 Å². The standard InChI is InChI=1S/C21H25N3O3.ClH/c1-14-12-24(13-15(2)27-14)21(26)17-9-7-16(8-10-17)11-23-20(25)18-5-3-4-6-19(18)22;/h3-10,14-15H,11-13,22H2,1-2H3,(H,23,25);1H. The predicted octanol–water partition coefficient (Wildman–Crippen LogP) is 2.87. The minimum absolute atomic E-state index is 0. The number of para-hydroxylation sites is 1. The molecule has 3 rings (SSSR count). The fourth-order valence-electron chi connectivity index (χ4n) is 3.27. The van der Waals surface area contributed by atoms with Gasteiger partial charge in [0.15, 0.2) is 0 Å². The van der Waals surface area contributed by atoms with Gasteiger partial charge in [-0.1, -0.05) is 24.3 Å². The van der Waals surface area contributed by atoms with E-state index in [9.17, 15) is 9.59 Å². The van der Waals surface area contributed by atoms with Crippen molar-refractivity contribution in [1.29, 1.82) is 0 Å². The summed E-state index contributed by atoms with van der Waals surface area (Å²) in [6, 6.07) is 14.3. The van der Waals surface area contributed by atoms with Gasteiger partial charge < -0.3 is 20.7 Å². The Balaban J connectivity index is 0.00000280. The summed E-state index contributed by atoms with van der Waals surface area (Å²) in [5.41, 5.74) is 8.28. The molecule has 6 nitrogen and oxygen atoms in total. The number of hydrogen-bond acceptors (Lipinski definition) is 4. The van der Waals surface area contributed by atoms with E-state index in [0.717, 1.165) is 5.56 Å². The van der Waals surface area contributed by atoms with Crippen LogP contribution in [-0.2, 0) is 11.3 Å². The van der Waals surface area contributed by atoms with Crippen LogP contribution in [0.5, 0.6) is 0 Å². The Labute approximate surface area is 171 Å². The van der Waals surface area contributed by atoms with Crippen LogP contribution in [0, 0.1) is 0 Å². The molecule has 2 atom stereocenters. The number of benzene rings is 2. The Morgan fingerprint density at radius 3 is 2.29 bits per heavy atom. The number of anilines is 1. The molecule has 7 heteroatoms. The Kier molecular flexibility index (Phi) is 7.43. The van der Waals surface area contributed by atoms with Crippen LogP contribution < -0.4 is 11.1 Å². The van der Waals surface area contributed by atoms with Gasteiger partial charge >= 0.3 is 0 Å². The van der Waals surface area contributed by atoms with Crippen LogP contribution >= 0.6 is 12.4 Å². The van der Waals surface area contributed by atoms with E-state index in [0.29, 0.717) is 36.4 Å². The van der Waals surface area contributed by atoms with E-state index in [2.05, 4.69) is 5.32 Å². The maximum absolute atomic E-state index is 12.7. The fourth-order valence-corrected chi connectivity index (χ4v) is 3.27. The largest absolute Gasteiger partial charge is 0.398 e. The molecule has 0 aromatic heterocycles. The number of hydrogen-bond donors (Lipinski definition) is 2. The first-order valence-corrected chi connectivity index (χ1v) is 9.10. The average Bonchev–Trinajstić information content (AvgIpc) is 2.65. The van der Waals surface area contributed by atoms with E-state index in [4.69, 9.17) is 10.5 Å². The maximum atomic E-state index is 12.7. The van der Waals surface area contributed by atoms with Gasteiger partial charge in [-0.2, -0.15) is 0 Å². The molecule has 0 spiro atoms. The van der Waals surface area contributed by atoms with Gasteiger partial charge in [0.2, 0.25) is 0 Å². The number of halogens is 1. The number of nitrogens with one attached hydrogen (secondary N) is 1. The summed E-state index contributed by atoms with van der Waals surface area (Å²) in [6.45, 7) is 5.51. The van der Waals surface area contributed by atoms with Crippen LogP contribution in [-0.4, -0.2) is 42.0 Å². The van der Waals surface area contributed by atoms with Crippen molar-refractivity contribution in [3.05, 3.63) is 65.2 Å². The Hall–Kier alpha value is -2.57. The topological polar surface area (TPSA) is 84.7 Å². The van der Waals surface area contributed by atoms with Gasteiger partial charge in [0.1, 0.15) is 0 Å². The number of nitrogen functional groups attached to an aromatic ring is 1. The monoisotopic (exact) mass is 403 g/mol. The molecule has 150 valence electrons. The molecule has 0 saturated carbocycles. The second kappa shape index (κ2) is 9.57. The van der Waals surface area contributed by atoms with Crippen molar-refractivity contribution >= 4 is 29.9 Å². The molecule has 0 aliphatic carbocycles. The van der Waals surface area contributed by atoms with Crippen molar-refractivity contribution < 1.29 is 14.3 Å². The van der Waals surface area contributed by atoms with E-state index < -0.39 is 0 Å². The van der Waals surface area contributed by atoms with E-state index in [1.54, 1.807) is 36.4 Å². The summed E-state index contributed by atoms with van der Waals surface area (Å²) in [4.78, 5) is 26.7. The van der Waals surface area contributed by atoms with Gasteiger partial charge in [-0.25, -0.2) is 0 Å². The van der Waals surface area contributed by atoms with Crippen LogP contribution in [0.15, 0.2) is 48.5 Å². The number of rotatable bonds is 4. The highest BCUT2D eigenvalue weighted by molar-refractivity contribution is 5.99. The van der Waals surface area contributed by atoms with Gasteiger partial charge in [0.05, 0.1) is 17.8 Å². The van der Waals surface area contributed by atoms with Crippen molar-refractivity contribution in [2.24, 2.45) is 0 Å². The zero-order valence-corrected chi connectivity index (χ0v) is 16.9. The third-order valence-corrected chi connectivity index (χ3v) is 4.57. The molecule has 1 fully saturated rings. The van der Waals surface area contributed by atoms with Gasteiger partial charge in [0, 0.05) is 30.9 Å². The highest BCUT2D eigenvalue weighted by Crippen LogP contribution is 2.15. The molecule has 3 N–H and O–H groups in total. The zero-order valence-electron chi connectivity index (χ0n) is 16.1. The van der Waals surface area contributed by atoms with Crippen molar-refractivity contribution in [1.82, 2.24) is 10.2 Å². The molecule has 1 saturated heterocycles. The number of nitrogens with zero attached hydrogens (tertiary/aromatic N) is 1. The summed E-state index contributed by atoms with van der Waals surface area (Å²) >= 11 is 0.